The van der Waals surface area contributed by atoms with E-state index >= 15 is 0 Å². The molecule has 1 unspecified atom stereocenters. The molecule has 2 aromatic carbocycles. The number of carbonyl (C=O) groups is 1. The Bertz CT molecular complexity index is 926. The van der Waals surface area contributed by atoms with Crippen molar-refractivity contribution in [3.63, 3.8) is 0 Å². The molecule has 0 aliphatic carbocycles. The Morgan fingerprint density at radius 3 is 2.70 bits per heavy atom. The van der Waals surface area contributed by atoms with Crippen molar-refractivity contribution in [1.29, 1.82) is 0 Å². The van der Waals surface area contributed by atoms with Gasteiger partial charge in [0, 0.05) is 25.1 Å². The van der Waals surface area contributed by atoms with E-state index in [1.165, 1.54) is 24.0 Å². The first kappa shape index (κ1) is 24.2. The van der Waals surface area contributed by atoms with Gasteiger partial charge < -0.3 is 23.9 Å². The molecule has 5 nitrogen and oxygen atoms in total. The summed E-state index contributed by atoms with van der Waals surface area (Å²) in [5, 5.41) is 0. The quantitative estimate of drug-likeness (QED) is 0.327. The van der Waals surface area contributed by atoms with E-state index in [0.717, 1.165) is 66.7 Å². The molecule has 1 fully saturated rings. The van der Waals surface area contributed by atoms with Gasteiger partial charge >= 0.3 is 0 Å². The number of likely N-dealkylation sites (tertiary alicyclic amines) is 1. The lowest BCUT2D eigenvalue weighted by atomic mass is 9.89. The summed E-state index contributed by atoms with van der Waals surface area (Å²) in [5.74, 6) is 2.47. The molecule has 178 valence electrons. The van der Waals surface area contributed by atoms with E-state index in [9.17, 15) is 4.79 Å². The molecule has 1 saturated heterocycles. The van der Waals surface area contributed by atoms with E-state index in [4.69, 9.17) is 14.2 Å². The zero-order chi connectivity index (χ0) is 23.0. The fraction of sp³-hybridized carbons (Fsp3) is 0.519. The van der Waals surface area contributed by atoms with Crippen molar-refractivity contribution in [1.82, 2.24) is 4.90 Å². The van der Waals surface area contributed by atoms with E-state index in [-0.39, 0.29) is 5.92 Å². The van der Waals surface area contributed by atoms with Crippen molar-refractivity contribution >= 4 is 22.2 Å². The lowest BCUT2D eigenvalue weighted by molar-refractivity contribution is -0.109. The Kier molecular flexibility index (Phi) is 8.82. The van der Waals surface area contributed by atoms with Crippen molar-refractivity contribution in [2.24, 2.45) is 5.92 Å². The molecule has 0 N–H and O–H groups in total. The average Bonchev–Trinajstić information content (AvgIpc) is 2.85. The molecule has 2 aliphatic rings. The maximum atomic E-state index is 11.4. The lowest BCUT2D eigenvalue weighted by Crippen LogP contribution is -2.35. The Balaban J connectivity index is 1.24. The molecule has 1 atom stereocenters. The van der Waals surface area contributed by atoms with E-state index in [1.807, 2.05) is 6.07 Å². The van der Waals surface area contributed by atoms with Crippen LogP contribution in [0.2, 0.25) is 0 Å². The van der Waals surface area contributed by atoms with Gasteiger partial charge in [-0.25, -0.2) is 0 Å². The van der Waals surface area contributed by atoms with Gasteiger partial charge in [-0.2, -0.15) is 0 Å². The largest absolute Gasteiger partial charge is 0.493 e. The Hall–Kier alpha value is -1.89. The predicted octanol–water partition coefficient (Wildman–Crippen LogP) is 5.04. The minimum Gasteiger partial charge on any atom is -0.493 e. The normalized spacial score (nSPS) is 19.0. The Morgan fingerprint density at radius 2 is 1.91 bits per heavy atom. The van der Waals surface area contributed by atoms with Gasteiger partial charge in [0.05, 0.1) is 17.7 Å². The minimum absolute atomic E-state index is 0.0195. The summed E-state index contributed by atoms with van der Waals surface area (Å²) >= 11 is 3.58. The number of fused-ring (bicyclic) bond motifs is 1. The van der Waals surface area contributed by atoms with Gasteiger partial charge in [0.15, 0.2) is 0 Å². The standard InChI is InChI=1S/C27H34BrNO4/c1-31-14-15-33-27-18-22(2-4-25(27)28)16-21-7-11-29(12-8-21)10-6-20-3-5-26-24(17-20)23(19-30)9-13-32-26/h2-5,17-19,21,23H,6-16H2,1H3. The lowest BCUT2D eigenvalue weighted by Gasteiger charge is -2.32. The van der Waals surface area contributed by atoms with Gasteiger partial charge in [-0.15, -0.1) is 0 Å². The molecule has 0 aromatic heterocycles. The van der Waals surface area contributed by atoms with Crippen LogP contribution in [0.5, 0.6) is 11.5 Å². The van der Waals surface area contributed by atoms with Crippen LogP contribution in [0, 0.1) is 5.92 Å². The molecule has 0 radical (unpaired) electrons. The van der Waals surface area contributed by atoms with E-state index < -0.39 is 0 Å². The van der Waals surface area contributed by atoms with Gasteiger partial charge in [0.2, 0.25) is 0 Å². The van der Waals surface area contributed by atoms with Crippen LogP contribution >= 0.6 is 15.9 Å². The first-order chi connectivity index (χ1) is 16.2. The van der Waals surface area contributed by atoms with Crippen LogP contribution in [0.15, 0.2) is 40.9 Å². The van der Waals surface area contributed by atoms with Crippen molar-refractivity contribution in [3.05, 3.63) is 57.6 Å². The maximum absolute atomic E-state index is 11.4. The fourth-order valence-electron chi connectivity index (χ4n) is 4.82. The van der Waals surface area contributed by atoms with Crippen LogP contribution in [0.3, 0.4) is 0 Å². The monoisotopic (exact) mass is 515 g/mol. The molecule has 33 heavy (non-hydrogen) atoms. The highest BCUT2D eigenvalue weighted by molar-refractivity contribution is 9.10. The third kappa shape index (κ3) is 6.58. The van der Waals surface area contributed by atoms with Crippen LogP contribution in [-0.4, -0.2) is 57.8 Å². The summed E-state index contributed by atoms with van der Waals surface area (Å²) in [6, 6.07) is 12.8. The number of rotatable bonds is 10. The molecule has 6 heteroatoms. The van der Waals surface area contributed by atoms with Crippen LogP contribution in [0.25, 0.3) is 0 Å². The number of piperidine rings is 1. The summed E-state index contributed by atoms with van der Waals surface area (Å²) in [4.78, 5) is 14.0. The second-order valence-electron chi connectivity index (χ2n) is 9.10. The first-order valence-corrected chi connectivity index (χ1v) is 12.8. The van der Waals surface area contributed by atoms with Gasteiger partial charge in [-0.3, -0.25) is 0 Å². The third-order valence-corrected chi connectivity index (χ3v) is 7.47. The highest BCUT2D eigenvalue weighted by atomic mass is 79.9. The molecule has 2 aliphatic heterocycles. The zero-order valence-corrected chi connectivity index (χ0v) is 21.0. The van der Waals surface area contributed by atoms with Crippen LogP contribution in [0.1, 0.15) is 41.9 Å². The van der Waals surface area contributed by atoms with Gasteiger partial charge in [-0.05, 0) is 96.4 Å². The number of aldehydes is 1. The Morgan fingerprint density at radius 1 is 1.09 bits per heavy atom. The smallest absolute Gasteiger partial charge is 0.133 e. The predicted molar refractivity (Wildman–Crippen MR) is 133 cm³/mol. The summed E-state index contributed by atoms with van der Waals surface area (Å²) in [6.45, 7) is 5.13. The molecular weight excluding hydrogens is 482 g/mol. The van der Waals surface area contributed by atoms with Gasteiger partial charge in [0.1, 0.15) is 24.4 Å². The second kappa shape index (κ2) is 12.0. The average molecular weight is 516 g/mol. The number of ether oxygens (including phenoxy) is 3. The van der Waals surface area contributed by atoms with Gasteiger partial charge in [0.25, 0.3) is 0 Å². The van der Waals surface area contributed by atoms with Crippen LogP contribution in [0.4, 0.5) is 0 Å². The van der Waals surface area contributed by atoms with Crippen molar-refractivity contribution < 1.29 is 19.0 Å². The molecule has 0 saturated carbocycles. The number of methoxy groups -OCH3 is 1. The highest BCUT2D eigenvalue weighted by Gasteiger charge is 2.22. The number of benzene rings is 2. The van der Waals surface area contributed by atoms with E-state index in [2.05, 4.69) is 51.2 Å². The summed E-state index contributed by atoms with van der Waals surface area (Å²) in [7, 11) is 1.69. The van der Waals surface area contributed by atoms with Gasteiger partial charge in [-0.1, -0.05) is 18.2 Å². The molecule has 0 bridgehead atoms. The van der Waals surface area contributed by atoms with Crippen molar-refractivity contribution in [2.45, 2.75) is 38.0 Å². The van der Waals surface area contributed by atoms with E-state index in [0.29, 0.717) is 25.7 Å². The summed E-state index contributed by atoms with van der Waals surface area (Å²) in [6.07, 6.45) is 6.41. The number of nitrogens with zero attached hydrogens (tertiary/aromatic N) is 1. The first-order valence-electron chi connectivity index (χ1n) is 12.0. The molecule has 2 heterocycles. The summed E-state index contributed by atoms with van der Waals surface area (Å²) in [5.41, 5.74) is 3.70. The number of hydrogen-bond acceptors (Lipinski definition) is 5. The van der Waals surface area contributed by atoms with Crippen molar-refractivity contribution in [3.8, 4) is 11.5 Å². The molecule has 0 spiro atoms. The van der Waals surface area contributed by atoms with Crippen LogP contribution in [-0.2, 0) is 22.4 Å². The highest BCUT2D eigenvalue weighted by Crippen LogP contribution is 2.33. The topological polar surface area (TPSA) is 48.0 Å². The van der Waals surface area contributed by atoms with E-state index in [1.54, 1.807) is 7.11 Å². The zero-order valence-electron chi connectivity index (χ0n) is 19.4. The number of hydrogen-bond donors (Lipinski definition) is 0. The number of halogens is 1. The molecule has 4 rings (SSSR count). The Labute approximate surface area is 205 Å². The molecule has 0 amide bonds. The number of carbonyl (C=O) groups excluding carboxylic acids is 1. The van der Waals surface area contributed by atoms with Crippen LogP contribution < -0.4 is 9.47 Å². The molecular formula is C27H34BrNO4. The minimum atomic E-state index is -0.0195. The second-order valence-corrected chi connectivity index (χ2v) is 9.95. The molecule has 2 aromatic rings. The fourth-order valence-corrected chi connectivity index (χ4v) is 5.18. The summed E-state index contributed by atoms with van der Waals surface area (Å²) < 4.78 is 17.6. The SMILES string of the molecule is COCCOc1cc(CC2CCN(CCc3ccc4c(c3)C(C=O)CCO4)CC2)ccc1Br. The van der Waals surface area contributed by atoms with Crippen molar-refractivity contribution in [2.75, 3.05) is 46.6 Å². The third-order valence-electron chi connectivity index (χ3n) is 6.81. The maximum Gasteiger partial charge on any atom is 0.133 e.